The van der Waals surface area contributed by atoms with Gasteiger partial charge in [-0.05, 0) is 6.42 Å². The molecular formula is C4H12Cl2SSi. The molecule has 0 aromatic carbocycles. The Labute approximate surface area is 69.5 Å². The van der Waals surface area contributed by atoms with E-state index in [0.717, 1.165) is 16.0 Å². The van der Waals surface area contributed by atoms with Gasteiger partial charge in [0.15, 0.2) is 0 Å². The van der Waals surface area contributed by atoms with Gasteiger partial charge in [0.05, 0.1) is 0 Å². The van der Waals surface area contributed by atoms with E-state index in [4.69, 9.17) is 22.7 Å². The summed E-state index contributed by atoms with van der Waals surface area (Å²) in [5.74, 6) is 0.666. The molecule has 0 aliphatic carbocycles. The fourth-order valence-electron chi connectivity index (χ4n) is 0.109. The predicted octanol–water partition coefficient (Wildman–Crippen LogP) is 1.44. The van der Waals surface area contributed by atoms with Gasteiger partial charge in [-0.25, -0.2) is 0 Å². The Morgan fingerprint density at radius 2 is 2.00 bits per heavy atom. The van der Waals surface area contributed by atoms with Crippen molar-refractivity contribution in [2.75, 3.05) is 5.88 Å². The third-order valence-corrected chi connectivity index (χ3v) is 1.78. The summed E-state index contributed by atoms with van der Waals surface area (Å²) in [4.78, 5) is 0. The molecule has 0 aromatic rings. The molecule has 0 radical (unpaired) electrons. The van der Waals surface area contributed by atoms with Crippen molar-refractivity contribution in [1.29, 1.82) is 0 Å². The lowest BCUT2D eigenvalue weighted by Crippen LogP contribution is -1.94. The minimum atomic E-state index is 0.395. The first kappa shape index (κ1) is 11.9. The Balaban J connectivity index is 0. The molecule has 0 fully saturated rings. The highest BCUT2D eigenvalue weighted by atomic mass is 35.6. The lowest BCUT2D eigenvalue weighted by atomic mass is 10.4. The summed E-state index contributed by atoms with van der Waals surface area (Å²) in [5.41, 5.74) is 0. The molecule has 0 aliphatic rings. The van der Waals surface area contributed by atoms with Crippen LogP contribution in [-0.4, -0.2) is 20.7 Å². The fourth-order valence-corrected chi connectivity index (χ4v) is 0.327. The van der Waals surface area contributed by atoms with Crippen LogP contribution in [0, 0.1) is 0 Å². The molecule has 0 saturated carbocycles. The quantitative estimate of drug-likeness (QED) is 0.290. The Kier molecular flexibility index (Phi) is 16.4. The van der Waals surface area contributed by atoms with Gasteiger partial charge in [-0.3, -0.25) is 0 Å². The minimum absolute atomic E-state index is 0.395. The van der Waals surface area contributed by atoms with Crippen molar-refractivity contribution in [2.24, 2.45) is 0 Å². The van der Waals surface area contributed by atoms with Crippen molar-refractivity contribution in [3.05, 3.63) is 0 Å². The van der Waals surface area contributed by atoms with E-state index >= 15 is 0 Å². The SMILES string of the molecule is CCC(S)CCl.[SiH3]Cl. The molecule has 0 nitrogen and oxygen atoms in total. The van der Waals surface area contributed by atoms with Crippen LogP contribution in [0.2, 0.25) is 0 Å². The summed E-state index contributed by atoms with van der Waals surface area (Å²) in [7, 11) is 0.778. The first-order chi connectivity index (χ1) is 3.81. The molecule has 0 amide bonds. The minimum Gasteiger partial charge on any atom is -0.181 e. The first-order valence-electron chi connectivity index (χ1n) is 2.43. The normalized spacial score (nSPS) is 12.0. The average Bonchev–Trinajstić information content (AvgIpc) is 1.91. The van der Waals surface area contributed by atoms with Gasteiger partial charge in [-0.2, -0.15) is 23.7 Å². The molecule has 0 aromatic heterocycles. The molecule has 0 N–H and O–H groups in total. The second-order valence-corrected chi connectivity index (χ2v) is 2.26. The van der Waals surface area contributed by atoms with E-state index in [9.17, 15) is 0 Å². The number of hydrogen-bond donors (Lipinski definition) is 1. The third kappa shape index (κ3) is 10.2. The molecule has 8 heavy (non-hydrogen) atoms. The predicted molar refractivity (Wildman–Crippen MR) is 49.6 cm³/mol. The van der Waals surface area contributed by atoms with Gasteiger partial charge in [0, 0.05) is 11.1 Å². The van der Waals surface area contributed by atoms with Crippen LogP contribution < -0.4 is 0 Å². The van der Waals surface area contributed by atoms with Crippen LogP contribution in [0.3, 0.4) is 0 Å². The Morgan fingerprint density at radius 3 is 2.00 bits per heavy atom. The smallest absolute Gasteiger partial charge is 0.109 e. The lowest BCUT2D eigenvalue weighted by molar-refractivity contribution is 0.920. The zero-order valence-electron chi connectivity index (χ0n) is 5.19. The standard InChI is InChI=1S/C4H9ClS.ClH3Si/c1-2-4(6)3-5;1-2/h4,6H,2-3H2,1H3;2H3. The van der Waals surface area contributed by atoms with E-state index in [-0.39, 0.29) is 0 Å². The number of rotatable bonds is 2. The first-order valence-corrected chi connectivity index (χ1v) is 6.50. The summed E-state index contributed by atoms with van der Waals surface area (Å²) in [6.45, 7) is 2.07. The van der Waals surface area contributed by atoms with Gasteiger partial charge < -0.3 is 0 Å². The summed E-state index contributed by atoms with van der Waals surface area (Å²) < 4.78 is 0. The van der Waals surface area contributed by atoms with Gasteiger partial charge >= 0.3 is 0 Å². The van der Waals surface area contributed by atoms with Crippen LogP contribution in [0.4, 0.5) is 0 Å². The fraction of sp³-hybridized carbons (Fsp3) is 1.00. The second-order valence-electron chi connectivity index (χ2n) is 1.22. The zero-order valence-corrected chi connectivity index (χ0v) is 9.60. The Bertz CT molecular complexity index is 33.2. The second kappa shape index (κ2) is 11.0. The molecule has 0 spiro atoms. The van der Waals surface area contributed by atoms with Gasteiger partial charge in [-0.1, -0.05) is 6.92 Å². The van der Waals surface area contributed by atoms with Gasteiger partial charge in [0.2, 0.25) is 0 Å². The highest BCUT2D eigenvalue weighted by Crippen LogP contribution is 2.00. The Hall–Kier alpha value is 1.15. The maximum Gasteiger partial charge on any atom is 0.109 e. The van der Waals surface area contributed by atoms with Crippen LogP contribution in [0.1, 0.15) is 13.3 Å². The number of alkyl halides is 1. The van der Waals surface area contributed by atoms with Crippen LogP contribution in [0.15, 0.2) is 0 Å². The largest absolute Gasteiger partial charge is 0.181 e. The highest BCUT2D eigenvalue weighted by Gasteiger charge is 1.91. The molecule has 0 heterocycles. The Morgan fingerprint density at radius 1 is 1.62 bits per heavy atom. The average molecular weight is 191 g/mol. The van der Waals surface area contributed by atoms with Crippen molar-refractivity contribution in [2.45, 2.75) is 18.6 Å². The van der Waals surface area contributed by atoms with Crippen molar-refractivity contribution in [1.82, 2.24) is 0 Å². The van der Waals surface area contributed by atoms with E-state index in [1.54, 1.807) is 0 Å². The molecule has 1 unspecified atom stereocenters. The maximum absolute atomic E-state index is 5.38. The van der Waals surface area contributed by atoms with Crippen molar-refractivity contribution < 1.29 is 0 Å². The molecule has 0 aliphatic heterocycles. The molecule has 0 bridgehead atoms. The maximum atomic E-state index is 5.38. The molecule has 0 rings (SSSR count). The summed E-state index contributed by atoms with van der Waals surface area (Å²) in [5, 5.41) is 0.395. The topological polar surface area (TPSA) is 0 Å². The number of hydrogen-bond acceptors (Lipinski definition) is 1. The monoisotopic (exact) mass is 190 g/mol. The lowest BCUT2D eigenvalue weighted by Gasteiger charge is -1.96. The van der Waals surface area contributed by atoms with Crippen LogP contribution >= 0.6 is 35.3 Å². The van der Waals surface area contributed by atoms with Crippen LogP contribution in [-0.2, 0) is 0 Å². The number of thiol groups is 1. The van der Waals surface area contributed by atoms with Crippen LogP contribution in [0.5, 0.6) is 0 Å². The van der Waals surface area contributed by atoms with Gasteiger partial charge in [0.25, 0.3) is 0 Å². The zero-order chi connectivity index (χ0) is 6.99. The van der Waals surface area contributed by atoms with Gasteiger partial charge in [0.1, 0.15) is 9.55 Å². The van der Waals surface area contributed by atoms with E-state index in [1.807, 2.05) is 0 Å². The van der Waals surface area contributed by atoms with Crippen molar-refractivity contribution in [3.8, 4) is 0 Å². The van der Waals surface area contributed by atoms with Crippen molar-refractivity contribution >= 4 is 44.9 Å². The molecule has 52 valence electrons. The molecule has 0 saturated heterocycles. The van der Waals surface area contributed by atoms with Crippen LogP contribution in [0.25, 0.3) is 0 Å². The van der Waals surface area contributed by atoms with E-state index in [1.165, 1.54) is 0 Å². The number of halogens is 2. The molecule has 4 heteroatoms. The summed E-state index contributed by atoms with van der Waals surface area (Å²) >= 11 is 14.3. The van der Waals surface area contributed by atoms with E-state index < -0.39 is 0 Å². The summed E-state index contributed by atoms with van der Waals surface area (Å²) in [6.07, 6.45) is 1.06. The molecular weight excluding hydrogens is 179 g/mol. The van der Waals surface area contributed by atoms with E-state index in [2.05, 4.69) is 19.6 Å². The third-order valence-electron chi connectivity index (χ3n) is 0.649. The highest BCUT2D eigenvalue weighted by molar-refractivity contribution is 7.81. The van der Waals surface area contributed by atoms with E-state index in [0.29, 0.717) is 11.1 Å². The molecule has 1 atom stereocenters. The van der Waals surface area contributed by atoms with Crippen molar-refractivity contribution in [3.63, 3.8) is 0 Å². The van der Waals surface area contributed by atoms with Gasteiger partial charge in [-0.15, -0.1) is 11.6 Å². The summed E-state index contributed by atoms with van der Waals surface area (Å²) in [6, 6.07) is 0.